The molecule has 126 valence electrons. The third-order valence-electron chi connectivity index (χ3n) is 3.45. The van der Waals surface area contributed by atoms with Crippen molar-refractivity contribution < 1.29 is 19.4 Å². The van der Waals surface area contributed by atoms with Crippen molar-refractivity contribution in [3.8, 4) is 11.5 Å². The Bertz CT molecular complexity index is 841. The molecular weight excluding hydrogens is 338 g/mol. The van der Waals surface area contributed by atoms with Crippen molar-refractivity contribution in [2.45, 2.75) is 0 Å². The number of ether oxygens (including phenoxy) is 1. The molecule has 0 unspecified atom stereocenters. The van der Waals surface area contributed by atoms with Gasteiger partial charge in [-0.05, 0) is 59.8 Å². The number of amides is 2. The van der Waals surface area contributed by atoms with Gasteiger partial charge in [0.1, 0.15) is 18.1 Å². The van der Waals surface area contributed by atoms with E-state index in [-0.39, 0.29) is 16.9 Å². The zero-order valence-electron chi connectivity index (χ0n) is 13.2. The van der Waals surface area contributed by atoms with Crippen LogP contribution in [0.15, 0.2) is 66.1 Å². The van der Waals surface area contributed by atoms with Crippen LogP contribution in [0.3, 0.4) is 0 Å². The standard InChI is InChI=1S/C19H15NO4S/c1-2-11-24-16-9-3-13(4-10-16)12-17-18(22)20(19(23)25-17)14-5-7-15(21)8-6-14/h2-10,12,21H,1,11H2. The maximum absolute atomic E-state index is 12.5. The fourth-order valence-corrected chi connectivity index (χ4v) is 3.10. The number of phenols is 1. The third kappa shape index (κ3) is 3.75. The molecule has 1 N–H and O–H groups in total. The number of rotatable bonds is 5. The summed E-state index contributed by atoms with van der Waals surface area (Å²) in [7, 11) is 0. The highest BCUT2D eigenvalue weighted by atomic mass is 32.2. The Hall–Kier alpha value is -2.99. The summed E-state index contributed by atoms with van der Waals surface area (Å²) >= 11 is 0.885. The number of hydrogen-bond donors (Lipinski definition) is 1. The molecule has 3 rings (SSSR count). The Morgan fingerprint density at radius 2 is 1.76 bits per heavy atom. The Morgan fingerprint density at radius 3 is 2.40 bits per heavy atom. The van der Waals surface area contributed by atoms with Crippen LogP contribution in [-0.4, -0.2) is 22.9 Å². The molecule has 0 aliphatic carbocycles. The van der Waals surface area contributed by atoms with Crippen molar-refractivity contribution in [3.63, 3.8) is 0 Å². The van der Waals surface area contributed by atoms with E-state index in [9.17, 15) is 14.7 Å². The van der Waals surface area contributed by atoms with Crippen LogP contribution in [-0.2, 0) is 4.79 Å². The number of imide groups is 1. The zero-order valence-corrected chi connectivity index (χ0v) is 14.0. The van der Waals surface area contributed by atoms with E-state index in [4.69, 9.17) is 4.74 Å². The topological polar surface area (TPSA) is 66.8 Å². The Morgan fingerprint density at radius 1 is 1.08 bits per heavy atom. The van der Waals surface area contributed by atoms with Gasteiger partial charge in [0.15, 0.2) is 0 Å². The quantitative estimate of drug-likeness (QED) is 0.645. The zero-order chi connectivity index (χ0) is 17.8. The number of carbonyl (C=O) groups is 2. The largest absolute Gasteiger partial charge is 0.508 e. The van der Waals surface area contributed by atoms with Gasteiger partial charge in [-0.25, -0.2) is 4.90 Å². The third-order valence-corrected chi connectivity index (χ3v) is 4.32. The molecule has 0 spiro atoms. The van der Waals surface area contributed by atoms with Crippen molar-refractivity contribution in [1.82, 2.24) is 0 Å². The molecular formula is C19H15NO4S. The highest BCUT2D eigenvalue weighted by Gasteiger charge is 2.36. The lowest BCUT2D eigenvalue weighted by atomic mass is 10.2. The first kappa shape index (κ1) is 16.9. The van der Waals surface area contributed by atoms with E-state index in [0.29, 0.717) is 22.9 Å². The van der Waals surface area contributed by atoms with Crippen molar-refractivity contribution >= 4 is 34.7 Å². The summed E-state index contributed by atoms with van der Waals surface area (Å²) in [6.45, 7) is 4.01. The van der Waals surface area contributed by atoms with Gasteiger partial charge < -0.3 is 9.84 Å². The van der Waals surface area contributed by atoms with Gasteiger partial charge in [0.2, 0.25) is 0 Å². The summed E-state index contributed by atoms with van der Waals surface area (Å²) in [5, 5.41) is 8.97. The number of hydrogen-bond acceptors (Lipinski definition) is 5. The summed E-state index contributed by atoms with van der Waals surface area (Å²) in [6, 6.07) is 13.1. The smallest absolute Gasteiger partial charge is 0.298 e. The highest BCUT2D eigenvalue weighted by molar-refractivity contribution is 8.19. The second kappa shape index (κ2) is 7.27. The molecule has 2 aromatic rings. The Balaban J connectivity index is 1.80. The molecule has 1 saturated heterocycles. The van der Waals surface area contributed by atoms with E-state index < -0.39 is 0 Å². The van der Waals surface area contributed by atoms with E-state index in [1.54, 1.807) is 24.3 Å². The lowest BCUT2D eigenvalue weighted by Crippen LogP contribution is -2.27. The first-order valence-electron chi connectivity index (χ1n) is 7.49. The Labute approximate surface area is 149 Å². The fraction of sp³-hybridized carbons (Fsp3) is 0.0526. The normalized spacial score (nSPS) is 15.7. The summed E-state index contributed by atoms with van der Waals surface area (Å²) in [4.78, 5) is 26.1. The van der Waals surface area contributed by atoms with Crippen LogP contribution in [0.1, 0.15) is 5.56 Å². The average molecular weight is 353 g/mol. The number of thioether (sulfide) groups is 1. The molecule has 0 bridgehead atoms. The summed E-state index contributed by atoms with van der Waals surface area (Å²) in [5.41, 5.74) is 1.22. The first-order valence-corrected chi connectivity index (χ1v) is 8.31. The predicted octanol–water partition coefficient (Wildman–Crippen LogP) is 4.20. The van der Waals surface area contributed by atoms with Crippen LogP contribution in [0.4, 0.5) is 10.5 Å². The van der Waals surface area contributed by atoms with Crippen LogP contribution < -0.4 is 9.64 Å². The molecule has 25 heavy (non-hydrogen) atoms. The first-order chi connectivity index (χ1) is 12.1. The van der Waals surface area contributed by atoms with E-state index in [1.807, 2.05) is 12.1 Å². The predicted molar refractivity (Wildman–Crippen MR) is 98.7 cm³/mol. The van der Waals surface area contributed by atoms with E-state index in [1.165, 1.54) is 24.3 Å². The molecule has 0 radical (unpaired) electrons. The molecule has 6 heteroatoms. The lowest BCUT2D eigenvalue weighted by Gasteiger charge is -2.12. The van der Waals surface area contributed by atoms with Crippen LogP contribution in [0.5, 0.6) is 11.5 Å². The molecule has 0 aromatic heterocycles. The number of nitrogens with zero attached hydrogens (tertiary/aromatic N) is 1. The summed E-state index contributed by atoms with van der Waals surface area (Å²) in [5.74, 6) is 0.395. The number of phenolic OH excluding ortho intramolecular Hbond substituents is 1. The van der Waals surface area contributed by atoms with Gasteiger partial charge in [0.25, 0.3) is 11.1 Å². The Kier molecular flexibility index (Phi) is 4.90. The molecule has 1 fully saturated rings. The van der Waals surface area contributed by atoms with Gasteiger partial charge in [-0.2, -0.15) is 0 Å². The van der Waals surface area contributed by atoms with Crippen molar-refractivity contribution in [3.05, 3.63) is 71.7 Å². The molecule has 0 atom stereocenters. The molecule has 2 aromatic carbocycles. The van der Waals surface area contributed by atoms with Crippen molar-refractivity contribution in [2.75, 3.05) is 11.5 Å². The number of benzene rings is 2. The van der Waals surface area contributed by atoms with Gasteiger partial charge >= 0.3 is 0 Å². The van der Waals surface area contributed by atoms with Gasteiger partial charge in [0.05, 0.1) is 10.6 Å². The summed E-state index contributed by atoms with van der Waals surface area (Å²) in [6.07, 6.45) is 3.33. The lowest BCUT2D eigenvalue weighted by molar-refractivity contribution is -0.113. The summed E-state index contributed by atoms with van der Waals surface area (Å²) < 4.78 is 5.41. The molecule has 1 aliphatic rings. The second-order valence-electron chi connectivity index (χ2n) is 5.20. The van der Waals surface area contributed by atoms with Crippen LogP contribution in [0.2, 0.25) is 0 Å². The molecule has 1 heterocycles. The average Bonchev–Trinajstić information content (AvgIpc) is 2.89. The minimum atomic E-state index is -0.382. The van der Waals surface area contributed by atoms with Gasteiger partial charge in [-0.3, -0.25) is 9.59 Å². The monoisotopic (exact) mass is 353 g/mol. The van der Waals surface area contributed by atoms with Crippen LogP contribution in [0, 0.1) is 0 Å². The van der Waals surface area contributed by atoms with Gasteiger partial charge in [0, 0.05) is 0 Å². The van der Waals surface area contributed by atoms with Gasteiger partial charge in [-0.15, -0.1) is 0 Å². The maximum Gasteiger partial charge on any atom is 0.298 e. The van der Waals surface area contributed by atoms with E-state index in [2.05, 4.69) is 6.58 Å². The van der Waals surface area contributed by atoms with Crippen molar-refractivity contribution in [1.29, 1.82) is 0 Å². The number of aromatic hydroxyl groups is 1. The number of carbonyl (C=O) groups excluding carboxylic acids is 2. The number of anilines is 1. The van der Waals surface area contributed by atoms with Crippen molar-refractivity contribution in [2.24, 2.45) is 0 Å². The second-order valence-corrected chi connectivity index (χ2v) is 6.20. The molecule has 0 saturated carbocycles. The van der Waals surface area contributed by atoms with Crippen LogP contribution >= 0.6 is 11.8 Å². The molecule has 5 nitrogen and oxygen atoms in total. The molecule has 1 aliphatic heterocycles. The van der Waals surface area contributed by atoms with Gasteiger partial charge in [-0.1, -0.05) is 24.8 Å². The van der Waals surface area contributed by atoms with Crippen LogP contribution in [0.25, 0.3) is 6.08 Å². The fourth-order valence-electron chi connectivity index (χ4n) is 2.26. The highest BCUT2D eigenvalue weighted by Crippen LogP contribution is 2.36. The maximum atomic E-state index is 12.5. The SMILES string of the molecule is C=CCOc1ccc(C=C2SC(=O)N(c3ccc(O)cc3)C2=O)cc1. The van der Waals surface area contributed by atoms with E-state index in [0.717, 1.165) is 22.2 Å². The minimum Gasteiger partial charge on any atom is -0.508 e. The van der Waals surface area contributed by atoms with E-state index >= 15 is 0 Å². The molecule has 2 amide bonds. The minimum absolute atomic E-state index is 0.0741.